The first kappa shape index (κ1) is 25.5. The molecule has 10 nitrogen and oxygen atoms in total. The number of anilines is 1. The molecular formula is C27H29N7O3. The average molecular weight is 500 g/mol. The van der Waals surface area contributed by atoms with E-state index in [-0.39, 0.29) is 11.6 Å². The molecule has 37 heavy (non-hydrogen) atoms. The van der Waals surface area contributed by atoms with Crippen molar-refractivity contribution in [2.24, 2.45) is 0 Å². The number of carbonyl (C=O) groups is 2. The first-order valence-corrected chi connectivity index (χ1v) is 12.1. The van der Waals surface area contributed by atoms with Gasteiger partial charge in [-0.15, -0.1) is 5.10 Å². The minimum atomic E-state index is -0.447. The third-order valence-electron chi connectivity index (χ3n) is 5.80. The lowest BCUT2D eigenvalue weighted by Crippen LogP contribution is -2.34. The molecule has 0 saturated heterocycles. The van der Waals surface area contributed by atoms with Crippen molar-refractivity contribution in [3.63, 3.8) is 0 Å². The number of furan rings is 1. The highest BCUT2D eigenvalue weighted by Crippen LogP contribution is 2.22. The Hall–Kier alpha value is -4.57. The Bertz CT molecular complexity index is 1330. The van der Waals surface area contributed by atoms with E-state index in [1.165, 1.54) is 10.9 Å². The zero-order chi connectivity index (χ0) is 26.0. The van der Waals surface area contributed by atoms with E-state index in [9.17, 15) is 9.59 Å². The quantitative estimate of drug-likeness (QED) is 0.303. The van der Waals surface area contributed by atoms with E-state index in [1.807, 2.05) is 30.3 Å². The van der Waals surface area contributed by atoms with Crippen LogP contribution in [0.5, 0.6) is 0 Å². The van der Waals surface area contributed by atoms with Crippen LogP contribution in [0.15, 0.2) is 77.4 Å². The number of hydrogen-bond donors (Lipinski definition) is 2. The van der Waals surface area contributed by atoms with Crippen molar-refractivity contribution in [3.8, 4) is 11.4 Å². The largest absolute Gasteiger partial charge is 0.465 e. The number of nitrogens with one attached hydrogen (secondary N) is 2. The average Bonchev–Trinajstić information content (AvgIpc) is 3.63. The summed E-state index contributed by atoms with van der Waals surface area (Å²) >= 11 is 0. The van der Waals surface area contributed by atoms with Crippen molar-refractivity contribution in [2.45, 2.75) is 13.8 Å². The number of amides is 2. The molecular weight excluding hydrogens is 470 g/mol. The zero-order valence-electron chi connectivity index (χ0n) is 20.8. The lowest BCUT2D eigenvalue weighted by molar-refractivity contribution is -0.111. The molecule has 0 aliphatic heterocycles. The van der Waals surface area contributed by atoms with Crippen LogP contribution in [-0.2, 0) is 4.79 Å². The molecule has 0 atom stereocenters. The number of benzene rings is 2. The molecule has 0 radical (unpaired) electrons. The Morgan fingerprint density at radius 3 is 2.43 bits per heavy atom. The predicted molar refractivity (Wildman–Crippen MR) is 141 cm³/mol. The van der Waals surface area contributed by atoms with E-state index in [0.717, 1.165) is 25.2 Å². The molecule has 10 heteroatoms. The normalized spacial score (nSPS) is 11.5. The van der Waals surface area contributed by atoms with Crippen LogP contribution >= 0.6 is 0 Å². The summed E-state index contributed by atoms with van der Waals surface area (Å²) in [6.45, 7) is 7.42. The maximum Gasteiger partial charge on any atom is 0.274 e. The third-order valence-corrected chi connectivity index (χ3v) is 5.80. The van der Waals surface area contributed by atoms with Gasteiger partial charge in [0.25, 0.3) is 11.8 Å². The molecule has 190 valence electrons. The standard InChI is InChI=1S/C27H29N7O3/c1-3-33(4-2)17-16-28-26(35)21-12-14-22(15-13-21)29-27(36)24(19-23-11-8-18-37-23)34-25(30-31-32-34)20-9-6-5-7-10-20/h5-15,18-19H,3-4,16-17H2,1-2H3,(H,28,35)(H,29,36)/b24-19-. The number of likely N-dealkylation sites (N-methyl/N-ethyl adjacent to an activating group) is 1. The highest BCUT2D eigenvalue weighted by Gasteiger charge is 2.20. The van der Waals surface area contributed by atoms with Gasteiger partial charge in [-0.2, -0.15) is 4.68 Å². The molecule has 2 heterocycles. The van der Waals surface area contributed by atoms with E-state index in [4.69, 9.17) is 4.42 Å². The smallest absolute Gasteiger partial charge is 0.274 e. The molecule has 2 N–H and O–H groups in total. The van der Waals surface area contributed by atoms with Crippen LogP contribution in [0.4, 0.5) is 5.69 Å². The number of nitrogens with zero attached hydrogens (tertiary/aromatic N) is 5. The fourth-order valence-electron chi connectivity index (χ4n) is 3.72. The molecule has 0 spiro atoms. The van der Waals surface area contributed by atoms with Gasteiger partial charge < -0.3 is 20.0 Å². The SMILES string of the molecule is CCN(CC)CCNC(=O)c1ccc(NC(=O)/C(=C/c2ccco2)n2nnnc2-c2ccccc2)cc1. The molecule has 2 amide bonds. The van der Waals surface area contributed by atoms with E-state index in [1.54, 1.807) is 42.5 Å². The van der Waals surface area contributed by atoms with Gasteiger partial charge in [-0.25, -0.2) is 0 Å². The van der Waals surface area contributed by atoms with Crippen molar-refractivity contribution in [2.75, 3.05) is 31.5 Å². The second-order valence-corrected chi connectivity index (χ2v) is 8.14. The molecule has 0 fully saturated rings. The van der Waals surface area contributed by atoms with Crippen molar-refractivity contribution < 1.29 is 14.0 Å². The summed E-state index contributed by atoms with van der Waals surface area (Å²) in [5.41, 5.74) is 1.94. The van der Waals surface area contributed by atoms with E-state index in [0.29, 0.717) is 29.4 Å². The van der Waals surface area contributed by atoms with Gasteiger partial charge in [0.2, 0.25) is 0 Å². The van der Waals surface area contributed by atoms with Gasteiger partial charge in [0.15, 0.2) is 5.82 Å². The minimum absolute atomic E-state index is 0.162. The molecule has 4 rings (SSSR count). The molecule has 0 aliphatic carbocycles. The highest BCUT2D eigenvalue weighted by atomic mass is 16.3. The lowest BCUT2D eigenvalue weighted by Gasteiger charge is -2.18. The summed E-state index contributed by atoms with van der Waals surface area (Å²) in [6.07, 6.45) is 3.08. The van der Waals surface area contributed by atoms with E-state index >= 15 is 0 Å². The van der Waals surface area contributed by atoms with Crippen LogP contribution in [-0.4, -0.2) is 63.1 Å². The minimum Gasteiger partial charge on any atom is -0.465 e. The molecule has 2 aromatic carbocycles. The highest BCUT2D eigenvalue weighted by molar-refractivity contribution is 6.24. The van der Waals surface area contributed by atoms with Gasteiger partial charge in [0, 0.05) is 36.0 Å². The fourth-order valence-corrected chi connectivity index (χ4v) is 3.72. The molecule has 0 unspecified atom stereocenters. The van der Waals surface area contributed by atoms with Gasteiger partial charge in [-0.1, -0.05) is 44.2 Å². The molecule has 0 aliphatic rings. The molecule has 0 bridgehead atoms. The number of carbonyl (C=O) groups excluding carboxylic acids is 2. The number of tetrazole rings is 1. The molecule has 0 saturated carbocycles. The topological polar surface area (TPSA) is 118 Å². The Kier molecular flexibility index (Phi) is 8.56. The van der Waals surface area contributed by atoms with Crippen molar-refractivity contribution in [1.82, 2.24) is 30.4 Å². The summed E-state index contributed by atoms with van der Waals surface area (Å²) in [5.74, 6) is 0.267. The van der Waals surface area contributed by atoms with Gasteiger partial charge in [-0.05, 0) is 59.9 Å². The van der Waals surface area contributed by atoms with Crippen LogP contribution < -0.4 is 10.6 Å². The summed E-state index contributed by atoms with van der Waals surface area (Å²) in [7, 11) is 0. The van der Waals surface area contributed by atoms with Gasteiger partial charge >= 0.3 is 0 Å². The summed E-state index contributed by atoms with van der Waals surface area (Å²) in [5, 5.41) is 17.7. The van der Waals surface area contributed by atoms with Crippen LogP contribution in [0.3, 0.4) is 0 Å². The second-order valence-electron chi connectivity index (χ2n) is 8.14. The van der Waals surface area contributed by atoms with Crippen molar-refractivity contribution in [1.29, 1.82) is 0 Å². The Morgan fingerprint density at radius 1 is 1.00 bits per heavy atom. The van der Waals surface area contributed by atoms with Gasteiger partial charge in [-0.3, -0.25) is 9.59 Å². The maximum atomic E-state index is 13.4. The molecule has 2 aromatic heterocycles. The van der Waals surface area contributed by atoms with Crippen molar-refractivity contribution in [3.05, 3.63) is 84.3 Å². The number of aromatic nitrogens is 4. The fraction of sp³-hybridized carbons (Fsp3) is 0.222. The maximum absolute atomic E-state index is 13.4. The molecule has 4 aromatic rings. The monoisotopic (exact) mass is 499 g/mol. The first-order valence-electron chi connectivity index (χ1n) is 12.1. The van der Waals surface area contributed by atoms with E-state index < -0.39 is 5.91 Å². The van der Waals surface area contributed by atoms with Crippen molar-refractivity contribution >= 4 is 29.3 Å². The lowest BCUT2D eigenvalue weighted by atomic mass is 10.2. The number of hydrogen-bond acceptors (Lipinski definition) is 7. The number of rotatable bonds is 11. The summed E-state index contributed by atoms with van der Waals surface area (Å²) < 4.78 is 6.79. The van der Waals surface area contributed by atoms with Crippen LogP contribution in [0.25, 0.3) is 23.2 Å². The van der Waals surface area contributed by atoms with Crippen LogP contribution in [0, 0.1) is 0 Å². The zero-order valence-corrected chi connectivity index (χ0v) is 20.8. The first-order chi connectivity index (χ1) is 18.1. The second kappa shape index (κ2) is 12.4. The Morgan fingerprint density at radius 2 is 1.76 bits per heavy atom. The predicted octanol–water partition coefficient (Wildman–Crippen LogP) is 3.64. The van der Waals surface area contributed by atoms with Gasteiger partial charge in [0.05, 0.1) is 6.26 Å². The van der Waals surface area contributed by atoms with E-state index in [2.05, 4.69) is 44.9 Å². The van der Waals surface area contributed by atoms with Crippen LogP contribution in [0.1, 0.15) is 30.0 Å². The van der Waals surface area contributed by atoms with Gasteiger partial charge in [0.1, 0.15) is 11.5 Å². The summed E-state index contributed by atoms with van der Waals surface area (Å²) in [6, 6.07) is 19.5. The Labute approximate surface area is 215 Å². The van der Waals surface area contributed by atoms with Crippen LogP contribution in [0.2, 0.25) is 0 Å². The summed E-state index contributed by atoms with van der Waals surface area (Å²) in [4.78, 5) is 28.1. The Balaban J connectivity index is 1.50. The third kappa shape index (κ3) is 6.56.